The number of nitrogens with one attached hydrogen (secondary N) is 1. The molecule has 0 spiro atoms. The fraction of sp³-hybridized carbons (Fsp3) is 0.917. The molecule has 0 saturated heterocycles. The molecule has 1 saturated carbocycles. The Morgan fingerprint density at radius 1 is 1.33 bits per heavy atom. The van der Waals surface area contributed by atoms with E-state index in [0.29, 0.717) is 5.88 Å². The topological polar surface area (TPSA) is 29.1 Å². The van der Waals surface area contributed by atoms with Crippen LogP contribution in [0.3, 0.4) is 0 Å². The zero-order valence-corrected chi connectivity index (χ0v) is 10.4. The van der Waals surface area contributed by atoms with Crippen molar-refractivity contribution in [3.05, 3.63) is 0 Å². The van der Waals surface area contributed by atoms with Crippen molar-refractivity contribution in [2.24, 2.45) is 5.92 Å². The SMILES string of the molecule is CCC(CCl)NC(=O)C1CCCCCC1. The molecule has 0 heterocycles. The van der Waals surface area contributed by atoms with E-state index in [2.05, 4.69) is 12.2 Å². The number of amides is 1. The van der Waals surface area contributed by atoms with Gasteiger partial charge in [-0.3, -0.25) is 4.79 Å². The van der Waals surface area contributed by atoms with Gasteiger partial charge in [0, 0.05) is 17.8 Å². The number of carbonyl (C=O) groups is 1. The summed E-state index contributed by atoms with van der Waals surface area (Å²) in [5.41, 5.74) is 0. The second-order valence-corrected chi connectivity index (χ2v) is 4.77. The van der Waals surface area contributed by atoms with E-state index in [1.54, 1.807) is 0 Å². The molecule has 0 aromatic carbocycles. The second-order valence-electron chi connectivity index (χ2n) is 4.46. The molecule has 0 radical (unpaired) electrons. The zero-order valence-electron chi connectivity index (χ0n) is 9.60. The average Bonchev–Trinajstić information content (AvgIpc) is 2.54. The zero-order chi connectivity index (χ0) is 11.1. The predicted molar refractivity (Wildman–Crippen MR) is 64.1 cm³/mol. The average molecular weight is 232 g/mol. The molecule has 2 nitrogen and oxygen atoms in total. The third kappa shape index (κ3) is 4.42. The van der Waals surface area contributed by atoms with E-state index in [1.165, 1.54) is 25.7 Å². The van der Waals surface area contributed by atoms with Crippen LogP contribution < -0.4 is 5.32 Å². The van der Waals surface area contributed by atoms with Crippen molar-refractivity contribution < 1.29 is 4.79 Å². The van der Waals surface area contributed by atoms with E-state index in [0.717, 1.165) is 19.3 Å². The van der Waals surface area contributed by atoms with Crippen LogP contribution >= 0.6 is 11.6 Å². The van der Waals surface area contributed by atoms with Gasteiger partial charge < -0.3 is 5.32 Å². The van der Waals surface area contributed by atoms with Crippen molar-refractivity contribution in [1.29, 1.82) is 0 Å². The molecule has 3 heteroatoms. The highest BCUT2D eigenvalue weighted by atomic mass is 35.5. The van der Waals surface area contributed by atoms with Gasteiger partial charge in [-0.2, -0.15) is 0 Å². The van der Waals surface area contributed by atoms with Crippen LogP contribution in [-0.4, -0.2) is 17.8 Å². The van der Waals surface area contributed by atoms with Gasteiger partial charge in [-0.1, -0.05) is 32.6 Å². The van der Waals surface area contributed by atoms with Gasteiger partial charge in [0.15, 0.2) is 0 Å². The highest BCUT2D eigenvalue weighted by Crippen LogP contribution is 2.23. The minimum atomic E-state index is 0.155. The summed E-state index contributed by atoms with van der Waals surface area (Å²) >= 11 is 5.77. The maximum atomic E-state index is 11.9. The number of halogens is 1. The first kappa shape index (κ1) is 12.8. The standard InChI is InChI=1S/C12H22ClNO/c1-2-11(9-13)14-12(15)10-7-5-3-4-6-8-10/h10-11H,2-9H2,1H3,(H,14,15). The summed E-state index contributed by atoms with van der Waals surface area (Å²) < 4.78 is 0. The van der Waals surface area contributed by atoms with Crippen LogP contribution in [-0.2, 0) is 4.79 Å². The van der Waals surface area contributed by atoms with Gasteiger partial charge in [-0.15, -0.1) is 11.6 Å². The highest BCUT2D eigenvalue weighted by molar-refractivity contribution is 6.18. The Labute approximate surface area is 97.8 Å². The summed E-state index contributed by atoms with van der Waals surface area (Å²) in [5, 5.41) is 3.04. The Hall–Kier alpha value is -0.240. The molecule has 1 atom stereocenters. The summed E-state index contributed by atoms with van der Waals surface area (Å²) in [6, 6.07) is 0.155. The molecule has 1 rings (SSSR count). The lowest BCUT2D eigenvalue weighted by molar-refractivity contribution is -0.126. The molecule has 0 bridgehead atoms. The molecule has 1 amide bonds. The Balaban J connectivity index is 2.36. The van der Waals surface area contributed by atoms with Crippen LogP contribution in [0.4, 0.5) is 0 Å². The van der Waals surface area contributed by atoms with Gasteiger partial charge in [0.1, 0.15) is 0 Å². The molecule has 1 N–H and O–H groups in total. The van der Waals surface area contributed by atoms with Crippen LogP contribution in [0.1, 0.15) is 51.9 Å². The van der Waals surface area contributed by atoms with Gasteiger partial charge >= 0.3 is 0 Å². The number of rotatable bonds is 4. The summed E-state index contributed by atoms with van der Waals surface area (Å²) in [5.74, 6) is 0.990. The van der Waals surface area contributed by atoms with E-state index in [-0.39, 0.29) is 17.9 Å². The van der Waals surface area contributed by atoms with Crippen molar-refractivity contribution in [3.8, 4) is 0 Å². The smallest absolute Gasteiger partial charge is 0.223 e. The van der Waals surface area contributed by atoms with Crippen molar-refractivity contribution in [1.82, 2.24) is 5.32 Å². The fourth-order valence-corrected chi connectivity index (χ4v) is 2.41. The summed E-state index contributed by atoms with van der Waals surface area (Å²) in [7, 11) is 0. The minimum absolute atomic E-state index is 0.155. The lowest BCUT2D eigenvalue weighted by atomic mass is 9.99. The fourth-order valence-electron chi connectivity index (χ4n) is 2.11. The molecule has 1 aliphatic carbocycles. The molecule has 0 aromatic heterocycles. The summed E-state index contributed by atoms with van der Waals surface area (Å²) in [6.45, 7) is 2.06. The highest BCUT2D eigenvalue weighted by Gasteiger charge is 2.21. The summed E-state index contributed by atoms with van der Waals surface area (Å²) in [4.78, 5) is 11.9. The predicted octanol–water partition coefficient (Wildman–Crippen LogP) is 3.09. The van der Waals surface area contributed by atoms with Crippen LogP contribution in [0.25, 0.3) is 0 Å². The Kier molecular flexibility index (Phi) is 6.07. The molecule has 0 aliphatic heterocycles. The Morgan fingerprint density at radius 3 is 2.40 bits per heavy atom. The molecule has 0 aromatic rings. The normalized spacial score (nSPS) is 20.7. The van der Waals surface area contributed by atoms with E-state index in [4.69, 9.17) is 11.6 Å². The second kappa shape index (κ2) is 7.10. The third-order valence-corrected chi connectivity index (χ3v) is 3.62. The molecule has 1 fully saturated rings. The molecule has 15 heavy (non-hydrogen) atoms. The van der Waals surface area contributed by atoms with Gasteiger partial charge in [-0.05, 0) is 19.3 Å². The number of carbonyl (C=O) groups excluding carboxylic acids is 1. The largest absolute Gasteiger partial charge is 0.352 e. The van der Waals surface area contributed by atoms with Crippen LogP contribution in [0.2, 0.25) is 0 Å². The minimum Gasteiger partial charge on any atom is -0.352 e. The third-order valence-electron chi connectivity index (χ3n) is 3.25. The van der Waals surface area contributed by atoms with Gasteiger partial charge in [0.05, 0.1) is 0 Å². The molecular formula is C12H22ClNO. The Morgan fingerprint density at radius 2 is 1.93 bits per heavy atom. The van der Waals surface area contributed by atoms with Gasteiger partial charge in [0.2, 0.25) is 5.91 Å². The van der Waals surface area contributed by atoms with E-state index in [9.17, 15) is 4.79 Å². The quantitative estimate of drug-likeness (QED) is 0.585. The first-order valence-electron chi connectivity index (χ1n) is 6.14. The van der Waals surface area contributed by atoms with Crippen molar-refractivity contribution >= 4 is 17.5 Å². The van der Waals surface area contributed by atoms with Crippen LogP contribution in [0.5, 0.6) is 0 Å². The lowest BCUT2D eigenvalue weighted by Gasteiger charge is -2.19. The van der Waals surface area contributed by atoms with Gasteiger partial charge in [0.25, 0.3) is 0 Å². The first-order valence-corrected chi connectivity index (χ1v) is 6.67. The maximum Gasteiger partial charge on any atom is 0.223 e. The van der Waals surface area contributed by atoms with Crippen molar-refractivity contribution in [2.75, 3.05) is 5.88 Å². The monoisotopic (exact) mass is 231 g/mol. The molecule has 1 unspecified atom stereocenters. The number of hydrogen-bond donors (Lipinski definition) is 1. The molecule has 1 aliphatic rings. The molecular weight excluding hydrogens is 210 g/mol. The van der Waals surface area contributed by atoms with Crippen LogP contribution in [0.15, 0.2) is 0 Å². The van der Waals surface area contributed by atoms with E-state index >= 15 is 0 Å². The number of alkyl halides is 1. The van der Waals surface area contributed by atoms with Crippen molar-refractivity contribution in [3.63, 3.8) is 0 Å². The number of hydrogen-bond acceptors (Lipinski definition) is 1. The Bertz CT molecular complexity index is 184. The van der Waals surface area contributed by atoms with Gasteiger partial charge in [-0.25, -0.2) is 0 Å². The first-order chi connectivity index (χ1) is 7.27. The maximum absolute atomic E-state index is 11.9. The van der Waals surface area contributed by atoms with E-state index < -0.39 is 0 Å². The van der Waals surface area contributed by atoms with E-state index in [1.807, 2.05) is 0 Å². The van der Waals surface area contributed by atoms with Crippen molar-refractivity contribution in [2.45, 2.75) is 57.9 Å². The summed E-state index contributed by atoms with van der Waals surface area (Å²) in [6.07, 6.45) is 8.02. The lowest BCUT2D eigenvalue weighted by Crippen LogP contribution is -2.39. The molecule has 88 valence electrons. The van der Waals surface area contributed by atoms with Crippen LogP contribution in [0, 0.1) is 5.92 Å².